The first kappa shape index (κ1) is 28.7. The van der Waals surface area contributed by atoms with Gasteiger partial charge in [-0.1, -0.05) is 78.1 Å². The monoisotopic (exact) mass is 506 g/mol. The Balaban J connectivity index is 1.84. The Morgan fingerprint density at radius 2 is 1.78 bits per heavy atom. The molecule has 2 amide bonds. The summed E-state index contributed by atoms with van der Waals surface area (Å²) in [6.07, 6.45) is 6.72. The van der Waals surface area contributed by atoms with Crippen LogP contribution in [0.25, 0.3) is 0 Å². The average molecular weight is 507 g/mol. The highest BCUT2D eigenvalue weighted by Crippen LogP contribution is 2.35. The molecular weight excluding hydrogens is 460 g/mol. The largest absolute Gasteiger partial charge is 0.496 e. The van der Waals surface area contributed by atoms with Crippen LogP contribution in [0.3, 0.4) is 0 Å². The summed E-state index contributed by atoms with van der Waals surface area (Å²) in [6.45, 7) is 12.4. The van der Waals surface area contributed by atoms with Gasteiger partial charge in [0.25, 0.3) is 5.91 Å². The van der Waals surface area contributed by atoms with Crippen LogP contribution in [-0.4, -0.2) is 36.9 Å². The third kappa shape index (κ3) is 7.83. The number of hydrogen-bond acceptors (Lipinski definition) is 3. The molecule has 2 aromatic carbocycles. The number of piperidine rings is 1. The molecule has 5 heteroatoms. The lowest BCUT2D eigenvalue weighted by Crippen LogP contribution is -2.38. The van der Waals surface area contributed by atoms with E-state index in [1.165, 1.54) is 0 Å². The quantitative estimate of drug-likeness (QED) is 0.338. The number of para-hydroxylation sites is 1. The highest BCUT2D eigenvalue weighted by atomic mass is 16.5. The van der Waals surface area contributed by atoms with Gasteiger partial charge in [-0.3, -0.25) is 9.59 Å². The zero-order valence-electron chi connectivity index (χ0n) is 23.7. The number of nitrogens with zero attached hydrogens (tertiary/aromatic N) is 1. The van der Waals surface area contributed by atoms with Gasteiger partial charge in [-0.15, -0.1) is 0 Å². The van der Waals surface area contributed by atoms with Crippen molar-refractivity contribution in [2.45, 2.75) is 90.9 Å². The number of amides is 2. The van der Waals surface area contributed by atoms with Gasteiger partial charge in [0.15, 0.2) is 0 Å². The topological polar surface area (TPSA) is 58.6 Å². The number of unbranched alkanes of at least 4 members (excludes halogenated alkanes) is 2. The molecule has 1 N–H and O–H groups in total. The number of carbonyl (C=O) groups excluding carboxylic acids is 2. The Labute approximate surface area is 224 Å². The van der Waals surface area contributed by atoms with Crippen molar-refractivity contribution in [2.75, 3.05) is 25.5 Å². The Kier molecular flexibility index (Phi) is 10.2. The molecule has 1 unspecified atom stereocenters. The fourth-order valence-corrected chi connectivity index (χ4v) is 5.27. The minimum absolute atomic E-state index is 0.0331. The van der Waals surface area contributed by atoms with Crippen LogP contribution in [0.1, 0.15) is 107 Å². The van der Waals surface area contributed by atoms with Crippen LogP contribution in [0.15, 0.2) is 42.5 Å². The van der Waals surface area contributed by atoms with E-state index in [0.29, 0.717) is 17.9 Å². The normalized spacial score (nSPS) is 15.4. The number of ether oxygens (including phenoxy) is 1. The van der Waals surface area contributed by atoms with Gasteiger partial charge in [-0.05, 0) is 65.8 Å². The number of hydrogen-bond donors (Lipinski definition) is 1. The second kappa shape index (κ2) is 13.1. The SMILES string of the molecule is CCCCCC(CC(=O)Nc1cc(C(=O)N2CCC(C)CC2)ccc1C(C)(C)C)c1ccccc1OC. The van der Waals surface area contributed by atoms with Gasteiger partial charge >= 0.3 is 0 Å². The smallest absolute Gasteiger partial charge is 0.253 e. The van der Waals surface area contributed by atoms with Crippen LogP contribution in [-0.2, 0) is 10.2 Å². The maximum absolute atomic E-state index is 13.5. The van der Waals surface area contributed by atoms with Crippen molar-refractivity contribution >= 4 is 17.5 Å². The molecule has 0 radical (unpaired) electrons. The maximum atomic E-state index is 13.5. The fourth-order valence-electron chi connectivity index (χ4n) is 5.27. The number of anilines is 1. The van der Waals surface area contributed by atoms with Crippen molar-refractivity contribution in [1.82, 2.24) is 4.90 Å². The zero-order chi connectivity index (χ0) is 27.0. The Morgan fingerprint density at radius 1 is 1.08 bits per heavy atom. The van der Waals surface area contributed by atoms with Gasteiger partial charge in [0.1, 0.15) is 5.75 Å². The second-order valence-electron chi connectivity index (χ2n) is 11.7. The average Bonchev–Trinajstić information content (AvgIpc) is 2.87. The van der Waals surface area contributed by atoms with E-state index in [-0.39, 0.29) is 23.1 Å². The van der Waals surface area contributed by atoms with Crippen LogP contribution in [0.4, 0.5) is 5.69 Å². The molecule has 1 heterocycles. The van der Waals surface area contributed by atoms with Gasteiger partial charge in [-0.25, -0.2) is 0 Å². The van der Waals surface area contributed by atoms with Gasteiger partial charge in [0.05, 0.1) is 7.11 Å². The number of rotatable bonds is 10. The molecule has 0 saturated carbocycles. The summed E-state index contributed by atoms with van der Waals surface area (Å²) in [4.78, 5) is 28.7. The van der Waals surface area contributed by atoms with E-state index in [0.717, 1.165) is 74.2 Å². The van der Waals surface area contributed by atoms with Crippen LogP contribution in [0, 0.1) is 5.92 Å². The summed E-state index contributed by atoms with van der Waals surface area (Å²) in [5, 5.41) is 3.20. The van der Waals surface area contributed by atoms with Crippen molar-refractivity contribution in [1.29, 1.82) is 0 Å². The molecule has 0 spiro atoms. The molecule has 3 rings (SSSR count). The Bertz CT molecular complexity index is 1050. The summed E-state index contributed by atoms with van der Waals surface area (Å²) in [5.41, 5.74) is 3.32. The lowest BCUT2D eigenvalue weighted by Gasteiger charge is -2.31. The molecule has 1 atom stereocenters. The molecule has 0 aliphatic carbocycles. The number of benzene rings is 2. The van der Waals surface area contributed by atoms with Crippen molar-refractivity contribution < 1.29 is 14.3 Å². The van der Waals surface area contributed by atoms with E-state index in [1.807, 2.05) is 41.3 Å². The minimum Gasteiger partial charge on any atom is -0.496 e. The molecule has 2 aromatic rings. The molecule has 37 heavy (non-hydrogen) atoms. The van der Waals surface area contributed by atoms with Crippen LogP contribution in [0.5, 0.6) is 5.75 Å². The first-order chi connectivity index (χ1) is 17.6. The molecule has 202 valence electrons. The summed E-state index contributed by atoms with van der Waals surface area (Å²) >= 11 is 0. The van der Waals surface area contributed by atoms with E-state index < -0.39 is 0 Å². The molecule has 1 aliphatic rings. The third-order valence-corrected chi connectivity index (χ3v) is 7.59. The van der Waals surface area contributed by atoms with Crippen LogP contribution >= 0.6 is 0 Å². The van der Waals surface area contributed by atoms with Crippen molar-refractivity contribution in [3.8, 4) is 5.75 Å². The van der Waals surface area contributed by atoms with Gasteiger partial charge < -0.3 is 15.0 Å². The zero-order valence-corrected chi connectivity index (χ0v) is 23.7. The summed E-state index contributed by atoms with van der Waals surface area (Å²) in [5.74, 6) is 1.58. The van der Waals surface area contributed by atoms with Gasteiger partial charge in [0, 0.05) is 30.8 Å². The predicted molar refractivity (Wildman–Crippen MR) is 153 cm³/mol. The first-order valence-electron chi connectivity index (χ1n) is 14.0. The summed E-state index contributed by atoms with van der Waals surface area (Å²) in [6, 6.07) is 13.8. The van der Waals surface area contributed by atoms with E-state index in [1.54, 1.807) is 7.11 Å². The predicted octanol–water partition coefficient (Wildman–Crippen LogP) is 7.56. The molecule has 1 aliphatic heterocycles. The lowest BCUT2D eigenvalue weighted by molar-refractivity contribution is -0.116. The molecular formula is C32H46N2O3. The summed E-state index contributed by atoms with van der Waals surface area (Å²) in [7, 11) is 1.68. The van der Waals surface area contributed by atoms with Crippen molar-refractivity contribution in [2.24, 2.45) is 5.92 Å². The van der Waals surface area contributed by atoms with E-state index >= 15 is 0 Å². The maximum Gasteiger partial charge on any atom is 0.253 e. The van der Waals surface area contributed by atoms with Crippen molar-refractivity contribution in [3.05, 3.63) is 59.2 Å². The highest BCUT2D eigenvalue weighted by Gasteiger charge is 2.26. The highest BCUT2D eigenvalue weighted by molar-refractivity contribution is 5.98. The Morgan fingerprint density at radius 3 is 2.43 bits per heavy atom. The standard InChI is InChI=1S/C32H46N2O3/c1-7-8-9-12-24(26-13-10-11-14-29(26)37-6)22-30(35)33-28-21-25(15-16-27(28)32(3,4)5)31(36)34-19-17-23(2)18-20-34/h10-11,13-16,21,23-24H,7-9,12,17-20,22H2,1-6H3,(H,33,35). The number of carbonyl (C=O) groups is 2. The number of nitrogens with one attached hydrogen (secondary N) is 1. The second-order valence-corrected chi connectivity index (χ2v) is 11.7. The molecule has 1 saturated heterocycles. The number of likely N-dealkylation sites (tertiary alicyclic amines) is 1. The fraction of sp³-hybridized carbons (Fsp3) is 0.562. The molecule has 0 aromatic heterocycles. The molecule has 1 fully saturated rings. The minimum atomic E-state index is -0.173. The lowest BCUT2D eigenvalue weighted by atomic mass is 9.84. The first-order valence-corrected chi connectivity index (χ1v) is 14.0. The van der Waals surface area contributed by atoms with Gasteiger partial charge in [0.2, 0.25) is 5.91 Å². The van der Waals surface area contributed by atoms with Crippen LogP contribution in [0.2, 0.25) is 0 Å². The van der Waals surface area contributed by atoms with Crippen molar-refractivity contribution in [3.63, 3.8) is 0 Å². The van der Waals surface area contributed by atoms with E-state index in [2.05, 4.69) is 46.0 Å². The summed E-state index contributed by atoms with van der Waals surface area (Å²) < 4.78 is 5.63. The van der Waals surface area contributed by atoms with E-state index in [4.69, 9.17) is 4.74 Å². The molecule has 5 nitrogen and oxygen atoms in total. The van der Waals surface area contributed by atoms with Crippen LogP contribution < -0.4 is 10.1 Å². The van der Waals surface area contributed by atoms with Gasteiger partial charge in [-0.2, -0.15) is 0 Å². The Hall–Kier alpha value is -2.82. The van der Waals surface area contributed by atoms with E-state index in [9.17, 15) is 9.59 Å². The third-order valence-electron chi connectivity index (χ3n) is 7.59. The number of methoxy groups -OCH3 is 1. The molecule has 0 bridgehead atoms.